The van der Waals surface area contributed by atoms with E-state index < -0.39 is 15.8 Å². The maximum Gasteiger partial charge on any atom is 0.245 e. The van der Waals surface area contributed by atoms with Crippen LogP contribution in [0, 0.1) is 17.7 Å². The fourth-order valence-corrected chi connectivity index (χ4v) is 3.37. The lowest BCUT2D eigenvalue weighted by atomic mass is 10.2. The fraction of sp³-hybridized carbons (Fsp3) is 0.467. The summed E-state index contributed by atoms with van der Waals surface area (Å²) in [6.45, 7) is 3.95. The van der Waals surface area contributed by atoms with Gasteiger partial charge in [-0.15, -0.1) is 0 Å². The van der Waals surface area contributed by atoms with Crippen molar-refractivity contribution in [2.75, 3.05) is 13.6 Å². The van der Waals surface area contributed by atoms with Crippen LogP contribution >= 0.6 is 0 Å². The summed E-state index contributed by atoms with van der Waals surface area (Å²) in [5, 5.41) is 0. The largest absolute Gasteiger partial charge is 0.320 e. The third kappa shape index (κ3) is 4.27. The molecule has 0 aliphatic rings. The maximum atomic E-state index is 14.1. The highest BCUT2D eigenvalue weighted by molar-refractivity contribution is 7.89. The van der Waals surface area contributed by atoms with E-state index in [1.165, 1.54) is 23.5 Å². The van der Waals surface area contributed by atoms with E-state index in [-0.39, 0.29) is 17.5 Å². The molecule has 4 nitrogen and oxygen atoms in total. The lowest BCUT2D eigenvalue weighted by Gasteiger charge is -2.24. The molecule has 0 aromatic heterocycles. The minimum Gasteiger partial charge on any atom is -0.320 e. The van der Waals surface area contributed by atoms with Crippen molar-refractivity contribution in [2.24, 2.45) is 5.73 Å². The van der Waals surface area contributed by atoms with Crippen LogP contribution in [0.25, 0.3) is 0 Å². The number of nitrogens with two attached hydrogens (primary N) is 1. The molecule has 21 heavy (non-hydrogen) atoms. The Balaban J connectivity index is 3.15. The molecule has 0 fully saturated rings. The van der Waals surface area contributed by atoms with E-state index in [0.717, 1.165) is 18.9 Å². The summed E-state index contributed by atoms with van der Waals surface area (Å²) in [4.78, 5) is -0.328. The van der Waals surface area contributed by atoms with E-state index in [0.29, 0.717) is 5.56 Å². The molecule has 0 aliphatic carbocycles. The third-order valence-electron chi connectivity index (χ3n) is 3.25. The van der Waals surface area contributed by atoms with Crippen LogP contribution in [-0.2, 0) is 10.0 Å². The molecule has 1 aromatic carbocycles. The maximum absolute atomic E-state index is 14.1. The molecule has 0 saturated carbocycles. The number of halogens is 1. The monoisotopic (exact) mass is 312 g/mol. The summed E-state index contributed by atoms with van der Waals surface area (Å²) in [5.74, 6) is 4.47. The van der Waals surface area contributed by atoms with Gasteiger partial charge in [0.05, 0.1) is 6.54 Å². The second kappa shape index (κ2) is 7.55. The van der Waals surface area contributed by atoms with Crippen molar-refractivity contribution in [3.63, 3.8) is 0 Å². The van der Waals surface area contributed by atoms with Gasteiger partial charge in [0.2, 0.25) is 10.0 Å². The topological polar surface area (TPSA) is 63.4 Å². The first-order valence-corrected chi connectivity index (χ1v) is 8.25. The molecule has 0 heterocycles. The van der Waals surface area contributed by atoms with Crippen LogP contribution in [0.1, 0.15) is 32.3 Å². The van der Waals surface area contributed by atoms with Gasteiger partial charge in [0.15, 0.2) is 0 Å². The molecule has 0 amide bonds. The molecule has 116 valence electrons. The number of nitrogens with zero attached hydrogens (tertiary/aromatic N) is 1. The molecule has 1 aromatic rings. The van der Waals surface area contributed by atoms with Crippen LogP contribution in [0.3, 0.4) is 0 Å². The highest BCUT2D eigenvalue weighted by Gasteiger charge is 2.27. The lowest BCUT2D eigenvalue weighted by Crippen LogP contribution is -2.35. The quantitative estimate of drug-likeness (QED) is 0.845. The molecule has 1 rings (SSSR count). The van der Waals surface area contributed by atoms with E-state index in [2.05, 4.69) is 11.8 Å². The van der Waals surface area contributed by atoms with Crippen LogP contribution in [0.5, 0.6) is 0 Å². The highest BCUT2D eigenvalue weighted by atomic mass is 32.2. The van der Waals surface area contributed by atoms with Gasteiger partial charge >= 0.3 is 0 Å². The van der Waals surface area contributed by atoms with Crippen LogP contribution in [0.4, 0.5) is 4.39 Å². The summed E-state index contributed by atoms with van der Waals surface area (Å²) < 4.78 is 40.1. The van der Waals surface area contributed by atoms with E-state index in [1.807, 2.05) is 6.92 Å². The van der Waals surface area contributed by atoms with E-state index in [9.17, 15) is 12.8 Å². The van der Waals surface area contributed by atoms with Crippen LogP contribution in [0.15, 0.2) is 23.1 Å². The minimum atomic E-state index is -3.84. The standard InChI is InChI=1S/C15H21FN2O2S/c1-4-6-12(2)18(3)21(19,20)15-9-8-13(7-5-10-17)11-14(15)16/h8-9,11-12H,4,6,10,17H2,1-3H3. The predicted molar refractivity (Wildman–Crippen MR) is 81.7 cm³/mol. The molecule has 0 aliphatic heterocycles. The number of sulfonamides is 1. The average Bonchev–Trinajstić information content (AvgIpc) is 2.44. The second-order valence-electron chi connectivity index (χ2n) is 4.81. The Morgan fingerprint density at radius 3 is 2.62 bits per heavy atom. The van der Waals surface area contributed by atoms with Crippen molar-refractivity contribution in [1.29, 1.82) is 0 Å². The van der Waals surface area contributed by atoms with Gasteiger partial charge in [-0.1, -0.05) is 25.2 Å². The Morgan fingerprint density at radius 1 is 1.43 bits per heavy atom. The summed E-state index contributed by atoms with van der Waals surface area (Å²) >= 11 is 0. The molecule has 0 bridgehead atoms. The molecule has 6 heteroatoms. The first-order valence-electron chi connectivity index (χ1n) is 6.81. The predicted octanol–water partition coefficient (Wildman–Crippen LogP) is 1.94. The number of benzene rings is 1. The van der Waals surface area contributed by atoms with Gasteiger partial charge in [-0.2, -0.15) is 4.31 Å². The smallest absolute Gasteiger partial charge is 0.245 e. The molecule has 1 atom stereocenters. The van der Waals surface area contributed by atoms with Gasteiger partial charge < -0.3 is 5.73 Å². The Bertz CT molecular complexity index is 647. The summed E-state index contributed by atoms with van der Waals surface area (Å²) in [6, 6.07) is 3.67. The number of hydrogen-bond acceptors (Lipinski definition) is 3. The number of hydrogen-bond donors (Lipinski definition) is 1. The van der Waals surface area contributed by atoms with Crippen LogP contribution < -0.4 is 5.73 Å². The highest BCUT2D eigenvalue weighted by Crippen LogP contribution is 2.22. The second-order valence-corrected chi connectivity index (χ2v) is 6.78. The summed E-state index contributed by atoms with van der Waals surface area (Å²) in [5.41, 5.74) is 5.65. The van der Waals surface area contributed by atoms with Gasteiger partial charge in [-0.3, -0.25) is 0 Å². The fourth-order valence-electron chi connectivity index (χ4n) is 1.93. The molecule has 0 saturated heterocycles. The molecule has 0 radical (unpaired) electrons. The van der Waals surface area contributed by atoms with Crippen LogP contribution in [-0.4, -0.2) is 32.4 Å². The zero-order valence-corrected chi connectivity index (χ0v) is 13.4. The molecule has 1 unspecified atom stereocenters. The van der Waals surface area contributed by atoms with Gasteiger partial charge in [0.1, 0.15) is 10.7 Å². The Labute approximate surface area is 126 Å². The van der Waals surface area contributed by atoms with E-state index in [4.69, 9.17) is 5.73 Å². The van der Waals surface area contributed by atoms with E-state index >= 15 is 0 Å². The molecular formula is C15H21FN2O2S. The first kappa shape index (κ1) is 17.6. The van der Waals surface area contributed by atoms with Crippen molar-refractivity contribution in [3.05, 3.63) is 29.6 Å². The average molecular weight is 312 g/mol. The van der Waals surface area contributed by atoms with Crippen molar-refractivity contribution < 1.29 is 12.8 Å². The Kier molecular flexibility index (Phi) is 6.34. The van der Waals surface area contributed by atoms with Gasteiger partial charge in [-0.05, 0) is 31.5 Å². The summed E-state index contributed by atoms with van der Waals surface area (Å²) in [7, 11) is -2.37. The zero-order valence-electron chi connectivity index (χ0n) is 12.6. The first-order chi connectivity index (χ1) is 9.84. The van der Waals surface area contributed by atoms with Crippen molar-refractivity contribution in [2.45, 2.75) is 37.6 Å². The molecular weight excluding hydrogens is 291 g/mol. The minimum absolute atomic E-state index is 0.166. The molecule has 2 N–H and O–H groups in total. The number of rotatable bonds is 5. The molecule has 0 spiro atoms. The SMILES string of the molecule is CCCC(C)N(C)S(=O)(=O)c1ccc(C#CCN)cc1F. The van der Waals surface area contributed by atoms with Gasteiger partial charge in [-0.25, -0.2) is 12.8 Å². The Morgan fingerprint density at radius 2 is 2.10 bits per heavy atom. The third-order valence-corrected chi connectivity index (χ3v) is 5.26. The van der Waals surface area contributed by atoms with Crippen LogP contribution in [0.2, 0.25) is 0 Å². The van der Waals surface area contributed by atoms with Crippen molar-refractivity contribution in [3.8, 4) is 11.8 Å². The zero-order chi connectivity index (χ0) is 16.0. The lowest BCUT2D eigenvalue weighted by molar-refractivity contribution is 0.366. The van der Waals surface area contributed by atoms with Gasteiger partial charge in [0, 0.05) is 18.7 Å². The normalized spacial score (nSPS) is 12.9. The van der Waals surface area contributed by atoms with E-state index in [1.54, 1.807) is 6.92 Å². The van der Waals surface area contributed by atoms with Gasteiger partial charge in [0.25, 0.3) is 0 Å². The summed E-state index contributed by atoms with van der Waals surface area (Å²) in [6.07, 6.45) is 1.58. The van der Waals surface area contributed by atoms with Crippen molar-refractivity contribution in [1.82, 2.24) is 4.31 Å². The van der Waals surface area contributed by atoms with Crippen molar-refractivity contribution >= 4 is 10.0 Å². The Hall–Kier alpha value is -1.42.